The van der Waals surface area contributed by atoms with Crippen molar-refractivity contribution < 1.29 is 35.1 Å². The van der Waals surface area contributed by atoms with E-state index in [4.69, 9.17) is 13.1 Å². The molecule has 0 saturated heterocycles. The zero-order valence-electron chi connectivity index (χ0n) is 22.1. The molecule has 0 heterocycles. The van der Waals surface area contributed by atoms with Gasteiger partial charge in [-0.3, -0.25) is 0 Å². The highest BCUT2D eigenvalue weighted by Crippen LogP contribution is 2.70. The summed E-state index contributed by atoms with van der Waals surface area (Å²) in [7, 11) is -8.74. The maximum Gasteiger partial charge on any atom is 0.393 e. The third-order valence-electron chi connectivity index (χ3n) is 6.62. The predicted molar refractivity (Wildman–Crippen MR) is 150 cm³/mol. The highest BCUT2D eigenvalue weighted by Gasteiger charge is 2.52. The quantitative estimate of drug-likeness (QED) is 0.163. The number of alkyl halides is 2. The Morgan fingerprint density at radius 3 is 1.70 bits per heavy atom. The van der Waals surface area contributed by atoms with E-state index in [9.17, 15) is 13.2 Å². The molecule has 1 aliphatic carbocycles. The van der Waals surface area contributed by atoms with Gasteiger partial charge < -0.3 is 9.47 Å². The third-order valence-corrected chi connectivity index (χ3v) is 11.8. The Hall–Kier alpha value is -3.05. The smallest absolute Gasteiger partial charge is 0.393 e. The van der Waals surface area contributed by atoms with Gasteiger partial charge in [-0.1, -0.05) is 61.2 Å². The molecule has 1 fully saturated rings. The Balaban J connectivity index is 1.59. The molecule has 4 rings (SSSR count). The molecule has 10 heteroatoms. The molecule has 0 amide bonds. The molecule has 6 nitrogen and oxygen atoms in total. The average molecular weight is 591 g/mol. The van der Waals surface area contributed by atoms with Gasteiger partial charge in [0.15, 0.2) is 0 Å². The van der Waals surface area contributed by atoms with Crippen LogP contribution in [0.2, 0.25) is 0 Å². The Labute approximate surface area is 235 Å². The van der Waals surface area contributed by atoms with E-state index < -0.39 is 50.5 Å². The first kappa shape index (κ1) is 29.9. The number of benzene rings is 3. The topological polar surface area (TPSA) is 78.9 Å². The summed E-state index contributed by atoms with van der Waals surface area (Å²) in [5, 5.41) is -4.44. The van der Waals surface area contributed by atoms with E-state index in [0.29, 0.717) is 27.5 Å². The molecule has 0 N–H and O–H groups in total. The minimum Gasteiger partial charge on any atom is -0.456 e. The average Bonchev–Trinajstić information content (AvgIpc) is 3.38. The Morgan fingerprint density at radius 1 is 0.850 bits per heavy atom. The van der Waals surface area contributed by atoms with Crippen LogP contribution in [0, 0.1) is 0 Å². The lowest BCUT2D eigenvalue weighted by atomic mass is 10.1. The Kier molecular flexibility index (Phi) is 9.14. The van der Waals surface area contributed by atoms with Gasteiger partial charge in [-0.25, -0.2) is 8.42 Å². The van der Waals surface area contributed by atoms with Gasteiger partial charge in [-0.05, 0) is 79.3 Å². The van der Waals surface area contributed by atoms with Gasteiger partial charge in [0.1, 0.15) is 12.2 Å². The molecule has 40 heavy (non-hydrogen) atoms. The molecule has 0 unspecified atom stereocenters. The monoisotopic (exact) mass is 590 g/mol. The van der Waals surface area contributed by atoms with E-state index in [2.05, 4.69) is 6.58 Å². The molecule has 0 aromatic heterocycles. The zero-order chi connectivity index (χ0) is 28.9. The van der Waals surface area contributed by atoms with Crippen LogP contribution in [0.1, 0.15) is 32.6 Å². The molecular weight excluding hydrogens is 558 g/mol. The molecule has 214 valence electrons. The normalized spacial score (nSPS) is 15.9. The summed E-state index contributed by atoms with van der Waals surface area (Å²) < 4.78 is 73.5. The third kappa shape index (κ3) is 6.46. The van der Waals surface area contributed by atoms with Crippen molar-refractivity contribution in [2.24, 2.45) is 0 Å². The fourth-order valence-corrected chi connectivity index (χ4v) is 9.57. The number of hydrogen-bond donors (Lipinski definition) is 0. The van der Waals surface area contributed by atoms with E-state index in [1.54, 1.807) is 91.0 Å². The fourth-order valence-electron chi connectivity index (χ4n) is 4.49. The molecule has 0 radical (unpaired) electrons. The fraction of sp³-hybridized carbons (Fsp3) is 0.300. The molecule has 1 saturated carbocycles. The lowest BCUT2D eigenvalue weighted by Crippen LogP contribution is -2.37. The van der Waals surface area contributed by atoms with E-state index >= 15 is 8.78 Å². The van der Waals surface area contributed by atoms with Gasteiger partial charge in [-0.2, -0.15) is 17.2 Å². The maximum atomic E-state index is 15.3. The van der Waals surface area contributed by atoms with Crippen LogP contribution in [0.3, 0.4) is 0 Å². The van der Waals surface area contributed by atoms with Crippen LogP contribution < -0.4 is 0 Å². The molecular formula is C30H32F2O6S2. The second kappa shape index (κ2) is 12.2. The van der Waals surface area contributed by atoms with E-state index in [1.807, 2.05) is 6.92 Å². The van der Waals surface area contributed by atoms with Crippen LogP contribution in [0.15, 0.2) is 118 Å². The number of ether oxygens (including phenoxy) is 2. The molecule has 0 bridgehead atoms. The molecule has 0 aliphatic heterocycles. The second-order valence-electron chi connectivity index (χ2n) is 9.80. The van der Waals surface area contributed by atoms with Crippen molar-refractivity contribution in [3.05, 3.63) is 103 Å². The van der Waals surface area contributed by atoms with Gasteiger partial charge in [0.25, 0.3) is 0 Å². The van der Waals surface area contributed by atoms with Crippen molar-refractivity contribution >= 4 is 26.4 Å². The van der Waals surface area contributed by atoms with E-state index in [1.165, 1.54) is 0 Å². The number of esters is 1. The number of carbonyl (C=O) groups is 1. The van der Waals surface area contributed by atoms with Crippen LogP contribution >= 0.6 is 10.3 Å². The van der Waals surface area contributed by atoms with Crippen LogP contribution in [-0.2, 0) is 28.0 Å². The number of hydrogen-bond acceptors (Lipinski definition) is 6. The summed E-state index contributed by atoms with van der Waals surface area (Å²) in [5.74, 6) is -0.757. The van der Waals surface area contributed by atoms with Gasteiger partial charge in [0.05, 0.1) is 12.2 Å². The molecule has 1 aliphatic rings. The maximum absolute atomic E-state index is 15.3. The van der Waals surface area contributed by atoms with Crippen molar-refractivity contribution in [3.63, 3.8) is 0 Å². The number of carbonyl (C=O) groups excluding carboxylic acids is 1. The van der Waals surface area contributed by atoms with Crippen molar-refractivity contribution in [2.75, 3.05) is 13.2 Å². The molecule has 0 atom stereocenters. The Bertz CT molecular complexity index is 1310. The summed E-state index contributed by atoms with van der Waals surface area (Å²) in [6.07, 6.45) is 3.26. The SMILES string of the molecule is C=C(COCC(F)(F)S(=O)(=O)OS(c1ccccc1)(c1ccccc1)c1ccccc1)C(=O)OC1(C)CCCC1. The molecule has 3 aromatic carbocycles. The van der Waals surface area contributed by atoms with Crippen molar-refractivity contribution in [1.29, 1.82) is 0 Å². The summed E-state index contributed by atoms with van der Waals surface area (Å²) in [5.41, 5.74) is -0.806. The van der Waals surface area contributed by atoms with E-state index in [-0.39, 0.29) is 5.57 Å². The van der Waals surface area contributed by atoms with Crippen molar-refractivity contribution in [2.45, 2.75) is 58.1 Å². The molecule has 0 spiro atoms. The summed E-state index contributed by atoms with van der Waals surface area (Å²) in [6.45, 7) is 3.23. The Morgan fingerprint density at radius 2 is 1.27 bits per heavy atom. The minimum atomic E-state index is -5.58. The summed E-state index contributed by atoms with van der Waals surface area (Å²) in [6, 6.07) is 25.3. The van der Waals surface area contributed by atoms with E-state index in [0.717, 1.165) is 12.8 Å². The van der Waals surface area contributed by atoms with Gasteiger partial charge in [0.2, 0.25) is 0 Å². The lowest BCUT2D eigenvalue weighted by molar-refractivity contribution is -0.153. The van der Waals surface area contributed by atoms with Crippen molar-refractivity contribution in [1.82, 2.24) is 0 Å². The van der Waals surface area contributed by atoms with Crippen LogP contribution in [0.4, 0.5) is 8.78 Å². The first-order chi connectivity index (χ1) is 19.0. The standard InChI is InChI=1S/C30H32F2O6S2/c1-24(28(33)37-29(2)20-12-13-21-29)22-36-23-30(31,32)40(34,35)38-39(25-14-6-3-7-15-25,26-16-8-4-9-17-26)27-18-10-5-11-19-27/h3-11,14-19H,1,12-13,20-23H2,2H3. The second-order valence-corrected chi connectivity index (χ2v) is 14.4. The number of halogens is 2. The van der Waals surface area contributed by atoms with Crippen LogP contribution in [0.25, 0.3) is 0 Å². The minimum absolute atomic E-state index is 0.180. The number of rotatable bonds is 12. The molecule has 3 aromatic rings. The van der Waals surface area contributed by atoms with Gasteiger partial charge >= 0.3 is 21.3 Å². The lowest BCUT2D eigenvalue weighted by Gasteiger charge is -2.40. The van der Waals surface area contributed by atoms with Crippen LogP contribution in [-0.4, -0.2) is 38.5 Å². The first-order valence-corrected chi connectivity index (χ1v) is 15.8. The predicted octanol–water partition coefficient (Wildman–Crippen LogP) is 7.27. The van der Waals surface area contributed by atoms with Gasteiger partial charge in [-0.15, -0.1) is 0 Å². The largest absolute Gasteiger partial charge is 0.456 e. The summed E-state index contributed by atoms with van der Waals surface area (Å²) in [4.78, 5) is 13.6. The first-order valence-electron chi connectivity index (χ1n) is 12.8. The van der Waals surface area contributed by atoms with Gasteiger partial charge in [0, 0.05) is 14.7 Å². The van der Waals surface area contributed by atoms with Crippen LogP contribution in [0.5, 0.6) is 0 Å². The van der Waals surface area contributed by atoms with Crippen molar-refractivity contribution in [3.8, 4) is 0 Å². The summed E-state index contributed by atoms with van der Waals surface area (Å²) >= 11 is 0. The highest BCUT2D eigenvalue weighted by molar-refractivity contribution is 8.33. The zero-order valence-corrected chi connectivity index (χ0v) is 23.8. The highest BCUT2D eigenvalue weighted by atomic mass is 32.3.